The molecule has 2 amide bonds. The van der Waals surface area contributed by atoms with Crippen LogP contribution in [0.4, 0.5) is 19.3 Å². The third kappa shape index (κ3) is 2.55. The van der Waals surface area contributed by atoms with Crippen molar-refractivity contribution in [2.75, 3.05) is 5.32 Å². The van der Waals surface area contributed by atoms with Crippen LogP contribution >= 0.6 is 23.2 Å². The number of nitrogens with zero attached hydrogens (tertiary/aromatic N) is 2. The number of anilines is 1. The maximum atomic E-state index is 14.1. The zero-order chi connectivity index (χ0) is 18.6. The first kappa shape index (κ1) is 17.5. The van der Waals surface area contributed by atoms with Crippen molar-refractivity contribution in [3.05, 3.63) is 57.3 Å². The molecule has 0 radical (unpaired) electrons. The number of rotatable bonds is 1. The number of pyridine rings is 1. The van der Waals surface area contributed by atoms with Crippen molar-refractivity contribution < 1.29 is 13.6 Å². The molecule has 3 heterocycles. The van der Waals surface area contributed by atoms with E-state index in [4.69, 9.17) is 23.2 Å². The highest BCUT2D eigenvalue weighted by Crippen LogP contribution is 2.48. The highest BCUT2D eigenvalue weighted by atomic mass is 35.5. The van der Waals surface area contributed by atoms with Gasteiger partial charge in [0.25, 0.3) is 0 Å². The molecule has 26 heavy (non-hydrogen) atoms. The molecule has 2 aromatic rings. The van der Waals surface area contributed by atoms with Gasteiger partial charge in [0.15, 0.2) is 0 Å². The standard InChI is InChI=1S/C18H15Cl2F2N3O/c1-18-4-2-9(6-10-11(18)3-5-23-16(10)22)25(18)17(26)24-15-8-13(20)12(19)7-14(15)21/h3,5,7-9H,2,4,6H2,1H3,(H,24,26)/t9-,18+/m0/s1. The summed E-state index contributed by atoms with van der Waals surface area (Å²) in [6.07, 6.45) is 3.24. The Bertz CT molecular complexity index is 924. The van der Waals surface area contributed by atoms with Crippen LogP contribution in [0.25, 0.3) is 0 Å². The lowest BCUT2D eigenvalue weighted by molar-refractivity contribution is 0.129. The predicted molar refractivity (Wildman–Crippen MR) is 95.6 cm³/mol. The van der Waals surface area contributed by atoms with E-state index in [1.54, 1.807) is 11.0 Å². The second-order valence-electron chi connectivity index (χ2n) is 6.84. The first-order chi connectivity index (χ1) is 12.3. The van der Waals surface area contributed by atoms with Gasteiger partial charge in [0, 0.05) is 17.8 Å². The Hall–Kier alpha value is -1.92. The largest absolute Gasteiger partial charge is 0.322 e. The molecule has 0 aliphatic carbocycles. The normalized spacial score (nSPS) is 23.7. The number of aromatic nitrogens is 1. The number of amides is 2. The second-order valence-corrected chi connectivity index (χ2v) is 7.66. The van der Waals surface area contributed by atoms with Crippen LogP contribution in [-0.4, -0.2) is 22.0 Å². The zero-order valence-electron chi connectivity index (χ0n) is 13.8. The summed E-state index contributed by atoms with van der Waals surface area (Å²) in [5.74, 6) is -1.16. The fourth-order valence-corrected chi connectivity index (χ4v) is 4.46. The van der Waals surface area contributed by atoms with Crippen molar-refractivity contribution in [2.24, 2.45) is 0 Å². The number of urea groups is 1. The molecule has 1 fully saturated rings. The van der Waals surface area contributed by atoms with Gasteiger partial charge in [-0.1, -0.05) is 23.2 Å². The van der Waals surface area contributed by atoms with Crippen molar-refractivity contribution in [3.8, 4) is 0 Å². The fourth-order valence-electron chi connectivity index (χ4n) is 4.14. The van der Waals surface area contributed by atoms with Crippen molar-refractivity contribution in [1.82, 2.24) is 9.88 Å². The van der Waals surface area contributed by atoms with Crippen LogP contribution in [0.15, 0.2) is 24.4 Å². The number of hydrogen-bond acceptors (Lipinski definition) is 2. The van der Waals surface area contributed by atoms with Crippen LogP contribution < -0.4 is 5.32 Å². The van der Waals surface area contributed by atoms with Gasteiger partial charge in [0.2, 0.25) is 5.95 Å². The third-order valence-electron chi connectivity index (χ3n) is 5.35. The van der Waals surface area contributed by atoms with Crippen molar-refractivity contribution in [2.45, 2.75) is 37.8 Å². The summed E-state index contributed by atoms with van der Waals surface area (Å²) in [6, 6.07) is 3.47. The first-order valence-electron chi connectivity index (χ1n) is 8.20. The van der Waals surface area contributed by atoms with Gasteiger partial charge in [0.05, 0.1) is 21.3 Å². The van der Waals surface area contributed by atoms with Crippen LogP contribution in [0.2, 0.25) is 10.0 Å². The molecule has 2 aliphatic heterocycles. The van der Waals surface area contributed by atoms with Gasteiger partial charge in [0.1, 0.15) is 5.82 Å². The molecule has 2 atom stereocenters. The van der Waals surface area contributed by atoms with E-state index >= 15 is 0 Å². The molecule has 2 aliphatic rings. The molecule has 8 heteroatoms. The first-order valence-corrected chi connectivity index (χ1v) is 8.95. The van der Waals surface area contributed by atoms with Crippen molar-refractivity contribution >= 4 is 34.9 Å². The van der Waals surface area contributed by atoms with Crippen LogP contribution in [0.5, 0.6) is 0 Å². The summed E-state index contributed by atoms with van der Waals surface area (Å²) in [7, 11) is 0. The van der Waals surface area contributed by atoms with E-state index in [0.717, 1.165) is 18.1 Å². The monoisotopic (exact) mass is 397 g/mol. The molecule has 2 bridgehead atoms. The second kappa shape index (κ2) is 6.06. The highest BCUT2D eigenvalue weighted by molar-refractivity contribution is 6.42. The Balaban J connectivity index is 1.69. The van der Waals surface area contributed by atoms with Crippen molar-refractivity contribution in [1.29, 1.82) is 0 Å². The lowest BCUT2D eigenvalue weighted by Crippen LogP contribution is -2.53. The van der Waals surface area contributed by atoms with Crippen LogP contribution in [-0.2, 0) is 12.0 Å². The topological polar surface area (TPSA) is 45.2 Å². The van der Waals surface area contributed by atoms with Gasteiger partial charge < -0.3 is 10.2 Å². The molecule has 4 nitrogen and oxygen atoms in total. The average Bonchev–Trinajstić information content (AvgIpc) is 2.84. The predicted octanol–water partition coefficient (Wildman–Crippen LogP) is 5.13. The lowest BCUT2D eigenvalue weighted by atomic mass is 9.84. The Labute approximate surface area is 159 Å². The molecule has 1 aromatic heterocycles. The van der Waals surface area contributed by atoms with Crippen molar-refractivity contribution in [3.63, 3.8) is 0 Å². The molecule has 1 N–H and O–H groups in total. The molecule has 4 rings (SSSR count). The van der Waals surface area contributed by atoms with E-state index in [9.17, 15) is 13.6 Å². The summed E-state index contributed by atoms with van der Waals surface area (Å²) >= 11 is 11.7. The SMILES string of the molecule is C[C@@]12CC[C@@H](Cc3c1ccnc3F)N2C(=O)Nc1cc(Cl)c(Cl)cc1F. The summed E-state index contributed by atoms with van der Waals surface area (Å²) in [4.78, 5) is 18.3. The molecule has 1 saturated heterocycles. The van der Waals surface area contributed by atoms with Crippen LogP contribution in [0.1, 0.15) is 30.9 Å². The summed E-state index contributed by atoms with van der Waals surface area (Å²) in [5.41, 5.74) is 0.601. The third-order valence-corrected chi connectivity index (χ3v) is 6.08. The molecule has 136 valence electrons. The smallest absolute Gasteiger partial charge is 0.312 e. The van der Waals surface area contributed by atoms with Crippen LogP contribution in [0.3, 0.4) is 0 Å². The summed E-state index contributed by atoms with van der Waals surface area (Å²) in [6.45, 7) is 1.90. The molecular weight excluding hydrogens is 383 g/mol. The number of carbonyl (C=O) groups excluding carboxylic acids is 1. The Morgan fingerprint density at radius 1 is 1.35 bits per heavy atom. The van der Waals surface area contributed by atoms with Gasteiger partial charge in [-0.05, 0) is 49.9 Å². The van der Waals surface area contributed by atoms with E-state index in [0.29, 0.717) is 18.4 Å². The number of nitrogens with one attached hydrogen (secondary N) is 1. The Morgan fingerprint density at radius 3 is 2.85 bits per heavy atom. The zero-order valence-corrected chi connectivity index (χ0v) is 15.3. The summed E-state index contributed by atoms with van der Waals surface area (Å²) < 4.78 is 28.2. The maximum absolute atomic E-state index is 14.1. The number of benzene rings is 1. The van der Waals surface area contributed by atoms with Crippen LogP contribution in [0, 0.1) is 11.8 Å². The minimum Gasteiger partial charge on any atom is -0.312 e. The summed E-state index contributed by atoms with van der Waals surface area (Å²) in [5, 5.41) is 2.80. The lowest BCUT2D eigenvalue weighted by Gasteiger charge is -2.43. The van der Waals surface area contributed by atoms with E-state index in [1.165, 1.54) is 12.3 Å². The van der Waals surface area contributed by atoms with Gasteiger partial charge in [-0.3, -0.25) is 0 Å². The van der Waals surface area contributed by atoms with E-state index in [1.807, 2.05) is 6.92 Å². The average molecular weight is 398 g/mol. The number of fused-ring (bicyclic) bond motifs is 4. The van der Waals surface area contributed by atoms with E-state index in [2.05, 4.69) is 10.3 Å². The number of hydrogen-bond donors (Lipinski definition) is 1. The number of carbonyl (C=O) groups is 1. The molecule has 0 spiro atoms. The molecular formula is C18H15Cl2F2N3O. The minimum absolute atomic E-state index is 0.0425. The van der Waals surface area contributed by atoms with Gasteiger partial charge in [-0.15, -0.1) is 0 Å². The molecule has 1 aromatic carbocycles. The fraction of sp³-hybridized carbons (Fsp3) is 0.333. The van der Waals surface area contributed by atoms with Gasteiger partial charge in [-0.2, -0.15) is 4.39 Å². The molecule has 0 unspecified atom stereocenters. The molecule has 0 saturated carbocycles. The van der Waals surface area contributed by atoms with E-state index in [-0.39, 0.29) is 21.8 Å². The van der Waals surface area contributed by atoms with Gasteiger partial charge in [-0.25, -0.2) is 14.2 Å². The quantitative estimate of drug-likeness (QED) is 0.535. The Kier molecular flexibility index (Phi) is 4.08. The highest BCUT2D eigenvalue weighted by Gasteiger charge is 2.51. The van der Waals surface area contributed by atoms with Gasteiger partial charge >= 0.3 is 6.03 Å². The van der Waals surface area contributed by atoms with E-state index < -0.39 is 23.3 Å². The maximum Gasteiger partial charge on any atom is 0.322 e. The minimum atomic E-state index is -0.669. The number of halogens is 4. The Morgan fingerprint density at radius 2 is 2.08 bits per heavy atom.